The van der Waals surface area contributed by atoms with Crippen LogP contribution in [0.2, 0.25) is 0 Å². The first-order valence-electron chi connectivity index (χ1n) is 11.2. The Kier molecular flexibility index (Phi) is 6.70. The van der Waals surface area contributed by atoms with Crippen LogP contribution in [0.5, 0.6) is 11.5 Å². The first-order valence-corrected chi connectivity index (χ1v) is 11.2. The molecule has 7 nitrogen and oxygen atoms in total. The van der Waals surface area contributed by atoms with Crippen molar-refractivity contribution in [3.05, 3.63) is 64.7 Å². The number of ketones is 1. The molecule has 0 aromatic heterocycles. The maximum atomic E-state index is 13.2. The van der Waals surface area contributed by atoms with Gasteiger partial charge in [-0.05, 0) is 44.4 Å². The van der Waals surface area contributed by atoms with E-state index in [2.05, 4.69) is 0 Å². The van der Waals surface area contributed by atoms with Crippen molar-refractivity contribution in [2.24, 2.45) is 0 Å². The lowest BCUT2D eigenvalue weighted by Crippen LogP contribution is -2.36. The van der Waals surface area contributed by atoms with Gasteiger partial charge in [0.25, 0.3) is 11.7 Å². The molecule has 4 rings (SSSR count). The number of rotatable bonds is 7. The molecule has 174 valence electrons. The Balaban J connectivity index is 1.83. The number of ether oxygens (including phenoxy) is 3. The molecular formula is C26H29NO6. The van der Waals surface area contributed by atoms with Crippen molar-refractivity contribution in [3.8, 4) is 11.5 Å². The topological polar surface area (TPSA) is 85.3 Å². The Hall–Kier alpha value is -3.32. The van der Waals surface area contributed by atoms with Gasteiger partial charge < -0.3 is 24.2 Å². The van der Waals surface area contributed by atoms with E-state index in [0.717, 1.165) is 18.4 Å². The van der Waals surface area contributed by atoms with Gasteiger partial charge in [-0.3, -0.25) is 9.59 Å². The van der Waals surface area contributed by atoms with Gasteiger partial charge in [-0.15, -0.1) is 0 Å². The van der Waals surface area contributed by atoms with E-state index in [1.807, 2.05) is 26.0 Å². The lowest BCUT2D eigenvalue weighted by molar-refractivity contribution is -0.140. The van der Waals surface area contributed by atoms with Crippen molar-refractivity contribution in [1.82, 2.24) is 4.90 Å². The summed E-state index contributed by atoms with van der Waals surface area (Å²) < 4.78 is 16.9. The van der Waals surface area contributed by atoms with E-state index >= 15 is 0 Å². The number of carbonyl (C=O) groups excluding carboxylic acids is 2. The fraction of sp³-hybridized carbons (Fsp3) is 0.385. The van der Waals surface area contributed by atoms with Crippen LogP contribution < -0.4 is 9.47 Å². The third kappa shape index (κ3) is 4.46. The van der Waals surface area contributed by atoms with E-state index in [1.165, 1.54) is 12.0 Å². The van der Waals surface area contributed by atoms with E-state index in [0.29, 0.717) is 35.8 Å². The molecule has 0 bridgehead atoms. The molecule has 2 atom stereocenters. The number of hydrogen-bond donors (Lipinski definition) is 1. The fourth-order valence-corrected chi connectivity index (χ4v) is 4.42. The minimum absolute atomic E-state index is 0.0630. The van der Waals surface area contributed by atoms with E-state index in [-0.39, 0.29) is 24.0 Å². The smallest absolute Gasteiger partial charge is 0.295 e. The normalized spacial score (nSPS) is 22.1. The molecule has 0 spiro atoms. The molecule has 2 aliphatic rings. The van der Waals surface area contributed by atoms with Crippen LogP contribution in [-0.4, -0.2) is 54.7 Å². The Labute approximate surface area is 193 Å². The quantitative estimate of drug-likeness (QED) is 0.389. The minimum atomic E-state index is -0.764. The summed E-state index contributed by atoms with van der Waals surface area (Å²) >= 11 is 0. The summed E-state index contributed by atoms with van der Waals surface area (Å²) in [5.74, 6) is -0.479. The van der Waals surface area contributed by atoms with Crippen LogP contribution in [0.3, 0.4) is 0 Å². The number of benzene rings is 2. The number of likely N-dealkylation sites (tertiary alicyclic amines) is 1. The summed E-state index contributed by atoms with van der Waals surface area (Å²) in [6.07, 6.45) is 1.59. The highest BCUT2D eigenvalue weighted by Gasteiger charge is 2.47. The second-order valence-corrected chi connectivity index (χ2v) is 8.30. The molecule has 33 heavy (non-hydrogen) atoms. The van der Waals surface area contributed by atoms with Crippen molar-refractivity contribution >= 4 is 17.4 Å². The fourth-order valence-electron chi connectivity index (χ4n) is 4.42. The standard InChI is InChI=1S/C26H29NO6/c1-4-32-20-12-11-18(14-21(20)31-3)23-22(24(28)17-9-7-16(2)8-10-17)25(29)26(30)27(23)15-19-6-5-13-33-19/h7-12,14,19,23,28H,4-6,13,15H2,1-3H3/t19-,23-/m0/s1. The van der Waals surface area contributed by atoms with Crippen LogP contribution in [-0.2, 0) is 14.3 Å². The van der Waals surface area contributed by atoms with Gasteiger partial charge in [0, 0.05) is 18.7 Å². The maximum Gasteiger partial charge on any atom is 0.295 e. The Morgan fingerprint density at radius 1 is 1.15 bits per heavy atom. The number of aryl methyl sites for hydroxylation is 1. The number of hydrogen-bond acceptors (Lipinski definition) is 6. The highest BCUT2D eigenvalue weighted by Crippen LogP contribution is 2.42. The molecule has 7 heteroatoms. The summed E-state index contributed by atoms with van der Waals surface area (Å²) in [5, 5.41) is 11.2. The number of amides is 1. The van der Waals surface area contributed by atoms with Crippen LogP contribution in [0.4, 0.5) is 0 Å². The van der Waals surface area contributed by atoms with Crippen LogP contribution >= 0.6 is 0 Å². The second kappa shape index (κ2) is 9.67. The summed E-state index contributed by atoms with van der Waals surface area (Å²) in [4.78, 5) is 27.8. The van der Waals surface area contributed by atoms with Crippen molar-refractivity contribution in [3.63, 3.8) is 0 Å². The zero-order valence-corrected chi connectivity index (χ0v) is 19.2. The molecule has 2 aromatic carbocycles. The van der Waals surface area contributed by atoms with E-state index in [9.17, 15) is 14.7 Å². The molecule has 1 amide bonds. The van der Waals surface area contributed by atoms with Gasteiger partial charge in [-0.2, -0.15) is 0 Å². The molecule has 2 fully saturated rings. The van der Waals surface area contributed by atoms with Gasteiger partial charge in [0.2, 0.25) is 0 Å². The Bertz CT molecular complexity index is 1070. The predicted octanol–water partition coefficient (Wildman–Crippen LogP) is 4.00. The summed E-state index contributed by atoms with van der Waals surface area (Å²) in [5.41, 5.74) is 2.23. The molecule has 2 aromatic rings. The number of Topliss-reactive ketones (excluding diaryl/α,β-unsaturated/α-hetero) is 1. The van der Waals surface area contributed by atoms with Crippen LogP contribution in [0.1, 0.15) is 42.5 Å². The zero-order valence-electron chi connectivity index (χ0n) is 19.2. The monoisotopic (exact) mass is 451 g/mol. The first kappa shape index (κ1) is 22.9. The number of aliphatic hydroxyl groups excluding tert-OH is 1. The lowest BCUT2D eigenvalue weighted by atomic mass is 9.94. The molecule has 1 N–H and O–H groups in total. The number of methoxy groups -OCH3 is 1. The molecule has 0 unspecified atom stereocenters. The zero-order chi connectivity index (χ0) is 23.5. The lowest BCUT2D eigenvalue weighted by Gasteiger charge is -2.28. The SMILES string of the molecule is CCOc1ccc([C@H]2C(=C(O)c3ccc(C)cc3)C(=O)C(=O)N2C[C@@H]2CCCO2)cc1OC. The van der Waals surface area contributed by atoms with Crippen molar-refractivity contribution in [2.75, 3.05) is 26.9 Å². The van der Waals surface area contributed by atoms with Gasteiger partial charge in [0.1, 0.15) is 5.76 Å². The van der Waals surface area contributed by atoms with E-state index in [4.69, 9.17) is 14.2 Å². The molecule has 0 radical (unpaired) electrons. The van der Waals surface area contributed by atoms with Crippen LogP contribution in [0, 0.1) is 6.92 Å². The van der Waals surface area contributed by atoms with Crippen molar-refractivity contribution in [1.29, 1.82) is 0 Å². The predicted molar refractivity (Wildman–Crippen MR) is 123 cm³/mol. The minimum Gasteiger partial charge on any atom is -0.507 e. The summed E-state index contributed by atoms with van der Waals surface area (Å²) in [6, 6.07) is 11.7. The summed E-state index contributed by atoms with van der Waals surface area (Å²) in [7, 11) is 1.54. The van der Waals surface area contributed by atoms with Crippen molar-refractivity contribution < 1.29 is 28.9 Å². The van der Waals surface area contributed by atoms with E-state index < -0.39 is 17.7 Å². The molecule has 2 saturated heterocycles. The Morgan fingerprint density at radius 2 is 1.91 bits per heavy atom. The van der Waals surface area contributed by atoms with Crippen LogP contribution in [0.25, 0.3) is 5.76 Å². The number of carbonyl (C=O) groups is 2. The average molecular weight is 452 g/mol. The Morgan fingerprint density at radius 3 is 2.55 bits per heavy atom. The molecular weight excluding hydrogens is 422 g/mol. The highest BCUT2D eigenvalue weighted by molar-refractivity contribution is 6.46. The highest BCUT2D eigenvalue weighted by atomic mass is 16.5. The number of aliphatic hydroxyl groups is 1. The van der Waals surface area contributed by atoms with E-state index in [1.54, 1.807) is 30.3 Å². The van der Waals surface area contributed by atoms with Gasteiger partial charge in [-0.25, -0.2) is 0 Å². The number of nitrogens with zero attached hydrogens (tertiary/aromatic N) is 1. The molecule has 2 heterocycles. The van der Waals surface area contributed by atoms with Gasteiger partial charge >= 0.3 is 0 Å². The third-order valence-electron chi connectivity index (χ3n) is 6.09. The van der Waals surface area contributed by atoms with Crippen LogP contribution in [0.15, 0.2) is 48.0 Å². The molecule has 0 saturated carbocycles. The van der Waals surface area contributed by atoms with Gasteiger partial charge in [-0.1, -0.05) is 35.9 Å². The van der Waals surface area contributed by atoms with Gasteiger partial charge in [0.05, 0.1) is 31.4 Å². The summed E-state index contributed by atoms with van der Waals surface area (Å²) in [6.45, 7) is 5.21. The average Bonchev–Trinajstić information content (AvgIpc) is 3.42. The first-order chi connectivity index (χ1) is 15.9. The molecule has 2 aliphatic heterocycles. The largest absolute Gasteiger partial charge is 0.507 e. The molecule has 0 aliphatic carbocycles. The maximum absolute atomic E-state index is 13.2. The second-order valence-electron chi connectivity index (χ2n) is 8.30. The van der Waals surface area contributed by atoms with Crippen molar-refractivity contribution in [2.45, 2.75) is 38.8 Å². The third-order valence-corrected chi connectivity index (χ3v) is 6.09. The van der Waals surface area contributed by atoms with Gasteiger partial charge in [0.15, 0.2) is 11.5 Å².